The number of hydrogen-bond donors (Lipinski definition) is 7. The van der Waals surface area contributed by atoms with Gasteiger partial charge >= 0.3 is 11.9 Å². The van der Waals surface area contributed by atoms with Crippen molar-refractivity contribution in [1.29, 1.82) is 0 Å². The van der Waals surface area contributed by atoms with Gasteiger partial charge in [-0.1, -0.05) is 0 Å². The van der Waals surface area contributed by atoms with Crippen LogP contribution in [0.15, 0.2) is 45.6 Å². The van der Waals surface area contributed by atoms with E-state index in [2.05, 4.69) is 0 Å². The maximum absolute atomic E-state index is 12.6. The van der Waals surface area contributed by atoms with Crippen LogP contribution in [0.5, 0.6) is 23.0 Å². The average Bonchev–Trinajstić information content (AvgIpc) is 2.85. The highest BCUT2D eigenvalue weighted by atomic mass is 16.7. The maximum atomic E-state index is 12.6. The zero-order valence-electron chi connectivity index (χ0n) is 19.4. The predicted molar refractivity (Wildman–Crippen MR) is 123 cm³/mol. The van der Waals surface area contributed by atoms with E-state index in [4.69, 9.17) is 23.7 Å². The summed E-state index contributed by atoms with van der Waals surface area (Å²) in [6, 6.07) is 6.83. The van der Waals surface area contributed by atoms with Crippen LogP contribution in [-0.2, 0) is 19.1 Å². The summed E-state index contributed by atoms with van der Waals surface area (Å²) in [4.78, 5) is 36.4. The molecule has 0 bridgehead atoms. The fourth-order valence-electron chi connectivity index (χ4n) is 3.74. The third-order valence-corrected chi connectivity index (χ3v) is 5.74. The molecule has 1 aliphatic rings. The van der Waals surface area contributed by atoms with Crippen LogP contribution in [0.3, 0.4) is 0 Å². The molecule has 0 spiro atoms. The molecule has 202 valence electrons. The van der Waals surface area contributed by atoms with Crippen molar-refractivity contribution in [2.45, 2.75) is 43.7 Å². The molecule has 0 amide bonds. The molecule has 4 rings (SSSR count). The second kappa shape index (κ2) is 10.3. The van der Waals surface area contributed by atoms with Crippen molar-refractivity contribution in [3.05, 3.63) is 46.6 Å². The van der Waals surface area contributed by atoms with Crippen LogP contribution in [0.2, 0.25) is 0 Å². The number of aliphatic carboxylic acids is 1. The highest BCUT2D eigenvalue weighted by molar-refractivity contribution is 5.87. The minimum Gasteiger partial charge on any atom is -0.507 e. The van der Waals surface area contributed by atoms with Gasteiger partial charge in [0.1, 0.15) is 46.5 Å². The number of phenolic OH excluding ortho intramolecular Hbond substituents is 3. The Balaban J connectivity index is 1.56. The normalized spacial score (nSPS) is 24.2. The van der Waals surface area contributed by atoms with E-state index in [1.54, 1.807) is 0 Å². The summed E-state index contributed by atoms with van der Waals surface area (Å²) in [5, 5.41) is 68.1. The number of carbonyl (C=O) groups excluding carboxylic acids is 1. The number of rotatable bonds is 6. The number of aliphatic hydroxyl groups excluding tert-OH is 3. The largest absolute Gasteiger partial charge is 0.507 e. The quantitative estimate of drug-likeness (QED) is 0.123. The monoisotopic (exact) mass is 534 g/mol. The molecule has 38 heavy (non-hydrogen) atoms. The van der Waals surface area contributed by atoms with Gasteiger partial charge in [-0.3, -0.25) is 4.79 Å². The topological polar surface area (TPSA) is 234 Å². The Morgan fingerprint density at radius 1 is 0.921 bits per heavy atom. The molecule has 7 N–H and O–H groups in total. The number of aliphatic hydroxyl groups is 3. The number of fused-ring (bicyclic) bond motifs is 1. The van der Waals surface area contributed by atoms with Crippen LogP contribution in [0.1, 0.15) is 6.92 Å². The first-order valence-corrected chi connectivity index (χ1v) is 11.0. The molecule has 6 atom stereocenters. The Bertz CT molecular complexity index is 1450. The van der Waals surface area contributed by atoms with Crippen molar-refractivity contribution in [3.63, 3.8) is 0 Å². The summed E-state index contributed by atoms with van der Waals surface area (Å²) >= 11 is 0. The molecule has 14 nitrogen and oxygen atoms in total. The third kappa shape index (κ3) is 5.11. The minimum absolute atomic E-state index is 0.0328. The smallest absolute Gasteiger partial charge is 0.340 e. The van der Waals surface area contributed by atoms with E-state index in [9.17, 15) is 45.0 Å². The molecule has 1 saturated heterocycles. The van der Waals surface area contributed by atoms with Gasteiger partial charge in [-0.25, -0.2) is 9.59 Å². The summed E-state index contributed by atoms with van der Waals surface area (Å²) in [5.41, 5.74) is -0.622. The Kier molecular flexibility index (Phi) is 7.26. The Morgan fingerprint density at radius 3 is 2.29 bits per heavy atom. The van der Waals surface area contributed by atoms with Crippen LogP contribution >= 0.6 is 0 Å². The molecule has 2 heterocycles. The van der Waals surface area contributed by atoms with Crippen LogP contribution in [-0.4, -0.2) is 84.5 Å². The Labute approximate surface area is 212 Å². The number of hydrogen-bond acceptors (Lipinski definition) is 13. The van der Waals surface area contributed by atoms with E-state index < -0.39 is 71.4 Å². The highest BCUT2D eigenvalue weighted by Crippen LogP contribution is 2.34. The molecule has 1 aromatic heterocycles. The van der Waals surface area contributed by atoms with Crippen molar-refractivity contribution < 1.29 is 64.0 Å². The first-order valence-electron chi connectivity index (χ1n) is 11.0. The zero-order chi connectivity index (χ0) is 27.9. The Hall–Kier alpha value is -4.21. The lowest BCUT2D eigenvalue weighted by Crippen LogP contribution is -2.61. The number of ether oxygens (including phenoxy) is 3. The second-order valence-corrected chi connectivity index (χ2v) is 8.43. The molecule has 14 heteroatoms. The van der Waals surface area contributed by atoms with Gasteiger partial charge in [-0.2, -0.15) is 0 Å². The van der Waals surface area contributed by atoms with Crippen LogP contribution in [0, 0.1) is 0 Å². The fraction of sp³-hybridized carbons (Fsp3) is 0.292. The van der Waals surface area contributed by atoms with Gasteiger partial charge in [0.2, 0.25) is 0 Å². The molecule has 0 saturated carbocycles. The van der Waals surface area contributed by atoms with Gasteiger partial charge in [-0.15, -0.1) is 0 Å². The van der Waals surface area contributed by atoms with Crippen molar-refractivity contribution in [3.8, 4) is 34.3 Å². The number of phenols is 3. The third-order valence-electron chi connectivity index (χ3n) is 5.74. The maximum Gasteiger partial charge on any atom is 0.340 e. The standard InChI is InChI=1S/C24H22O14/c1-8(35-24-20(31)18(29)19(30)21(38-24)22(32)33)23(34)36-10-5-13(27)17-14(28)7-15(37-16(17)6-10)9-2-3-11(25)12(26)4-9/h2-8,18-21,24-27,29-31H,1H3,(H,32,33)/t8-,18-,19-,20+,21-,24-/m1/s1. The van der Waals surface area contributed by atoms with Gasteiger partial charge in [0.15, 0.2) is 35.4 Å². The second-order valence-electron chi connectivity index (χ2n) is 8.43. The van der Waals surface area contributed by atoms with Crippen LogP contribution in [0.4, 0.5) is 0 Å². The van der Waals surface area contributed by atoms with Crippen molar-refractivity contribution in [2.75, 3.05) is 0 Å². The fourth-order valence-corrected chi connectivity index (χ4v) is 3.74. The first kappa shape index (κ1) is 26.8. The van der Waals surface area contributed by atoms with Gasteiger partial charge in [0, 0.05) is 23.8 Å². The molecule has 0 aliphatic carbocycles. The van der Waals surface area contributed by atoms with Gasteiger partial charge in [-0.05, 0) is 25.1 Å². The molecule has 1 fully saturated rings. The summed E-state index contributed by atoms with van der Waals surface area (Å²) in [6.45, 7) is 1.17. The summed E-state index contributed by atoms with van der Waals surface area (Å²) in [6.07, 6.45) is -11.1. The molecule has 2 aromatic carbocycles. The number of carboxylic acid groups (broad SMARTS) is 1. The minimum atomic E-state index is -1.95. The van der Waals surface area contributed by atoms with Crippen molar-refractivity contribution in [1.82, 2.24) is 0 Å². The SMILES string of the molecule is C[C@@H](O[C@@H]1O[C@@H](C(=O)O)[C@H](O)[C@@H](O)[C@@H]1O)C(=O)Oc1cc(O)c2c(=O)cc(-c3ccc(O)c(O)c3)oc2c1. The first-order chi connectivity index (χ1) is 17.9. The van der Waals surface area contributed by atoms with E-state index in [1.807, 2.05) is 0 Å². The van der Waals surface area contributed by atoms with E-state index in [0.29, 0.717) is 0 Å². The van der Waals surface area contributed by atoms with Gasteiger partial charge in [0.25, 0.3) is 0 Å². The molecule has 0 radical (unpaired) electrons. The molecular formula is C24H22O14. The lowest BCUT2D eigenvalue weighted by Gasteiger charge is -2.39. The van der Waals surface area contributed by atoms with Gasteiger partial charge < -0.3 is 54.4 Å². The van der Waals surface area contributed by atoms with Crippen LogP contribution in [0.25, 0.3) is 22.3 Å². The zero-order valence-corrected chi connectivity index (χ0v) is 19.4. The van der Waals surface area contributed by atoms with Gasteiger partial charge in [0.05, 0.1) is 0 Å². The van der Waals surface area contributed by atoms with E-state index >= 15 is 0 Å². The molecular weight excluding hydrogens is 512 g/mol. The average molecular weight is 534 g/mol. The number of carboxylic acids is 1. The number of carbonyl (C=O) groups is 2. The van der Waals surface area contributed by atoms with E-state index in [-0.39, 0.29) is 28.0 Å². The summed E-state index contributed by atoms with van der Waals surface area (Å²) in [5.74, 6) is -4.50. The Morgan fingerprint density at radius 2 is 1.63 bits per heavy atom. The van der Waals surface area contributed by atoms with E-state index in [0.717, 1.165) is 24.3 Å². The number of esters is 1. The lowest BCUT2D eigenvalue weighted by atomic mass is 9.99. The summed E-state index contributed by atoms with van der Waals surface area (Å²) in [7, 11) is 0. The lowest BCUT2D eigenvalue weighted by molar-refractivity contribution is -0.301. The van der Waals surface area contributed by atoms with Crippen molar-refractivity contribution in [2.24, 2.45) is 0 Å². The summed E-state index contributed by atoms with van der Waals surface area (Å²) < 4.78 is 21.0. The number of benzene rings is 2. The number of aromatic hydroxyl groups is 3. The molecule has 1 aliphatic heterocycles. The molecule has 3 aromatic rings. The molecule has 0 unspecified atom stereocenters. The highest BCUT2D eigenvalue weighted by Gasteiger charge is 2.48. The van der Waals surface area contributed by atoms with Crippen molar-refractivity contribution >= 4 is 22.9 Å². The van der Waals surface area contributed by atoms with E-state index in [1.165, 1.54) is 19.1 Å². The predicted octanol–water partition coefficient (Wildman–Crippen LogP) is -0.220. The van der Waals surface area contributed by atoms with Crippen LogP contribution < -0.4 is 10.2 Å².